The van der Waals surface area contributed by atoms with Gasteiger partial charge in [-0.1, -0.05) is 6.07 Å². The molecule has 1 saturated heterocycles. The Morgan fingerprint density at radius 1 is 1.16 bits per heavy atom. The number of aromatic nitrogens is 2. The zero-order valence-electron chi connectivity index (χ0n) is 18.6. The van der Waals surface area contributed by atoms with E-state index in [4.69, 9.17) is 9.47 Å². The van der Waals surface area contributed by atoms with Gasteiger partial charge in [-0.25, -0.2) is 0 Å². The van der Waals surface area contributed by atoms with Crippen molar-refractivity contribution >= 4 is 11.8 Å². The highest BCUT2D eigenvalue weighted by Crippen LogP contribution is 2.23. The van der Waals surface area contributed by atoms with Crippen molar-refractivity contribution in [3.05, 3.63) is 46.3 Å². The second kappa shape index (κ2) is 8.70. The van der Waals surface area contributed by atoms with Crippen LogP contribution in [-0.4, -0.2) is 70.3 Å². The highest BCUT2D eigenvalue weighted by atomic mass is 16.5. The van der Waals surface area contributed by atoms with Gasteiger partial charge in [0.05, 0.1) is 24.4 Å². The first-order chi connectivity index (χ1) is 14.8. The average molecular weight is 427 g/mol. The Morgan fingerprint density at radius 3 is 2.61 bits per heavy atom. The number of fused-ring (bicyclic) bond motifs is 1. The number of carbonyl (C=O) groups excluding carboxylic acids is 2. The molecule has 0 bridgehead atoms. The van der Waals surface area contributed by atoms with Gasteiger partial charge >= 0.3 is 0 Å². The molecule has 0 radical (unpaired) electrons. The minimum atomic E-state index is -0.0813. The number of ether oxygens (including phenoxy) is 2. The molecule has 2 atom stereocenters. The van der Waals surface area contributed by atoms with Crippen LogP contribution in [0, 0.1) is 13.8 Å². The van der Waals surface area contributed by atoms with Crippen LogP contribution < -0.4 is 4.74 Å². The summed E-state index contributed by atoms with van der Waals surface area (Å²) < 4.78 is 11.4. The third-order valence-corrected chi connectivity index (χ3v) is 6.04. The number of nitrogens with zero attached hydrogens (tertiary/aromatic N) is 3. The number of nitrogens with one attached hydrogen (secondary N) is 1. The van der Waals surface area contributed by atoms with Gasteiger partial charge in [0.1, 0.15) is 5.75 Å². The zero-order chi connectivity index (χ0) is 22.1. The van der Waals surface area contributed by atoms with Gasteiger partial charge in [0.25, 0.3) is 11.8 Å². The second-order valence-electron chi connectivity index (χ2n) is 8.60. The fourth-order valence-corrected chi connectivity index (χ4v) is 4.24. The van der Waals surface area contributed by atoms with Crippen molar-refractivity contribution < 1.29 is 19.1 Å². The SMILES string of the molecule is Cc1ccc(OCC(=O)N2CCc3c(C(=O)N4C[C@@H](C)O[C@@H](C)C4)n[nH]c3C2)cc1C. The lowest BCUT2D eigenvalue weighted by molar-refractivity contribution is -0.134. The molecule has 0 aliphatic carbocycles. The smallest absolute Gasteiger partial charge is 0.274 e. The van der Waals surface area contributed by atoms with E-state index >= 15 is 0 Å². The Morgan fingerprint density at radius 2 is 1.90 bits per heavy atom. The first kappa shape index (κ1) is 21.4. The molecule has 8 heteroatoms. The van der Waals surface area contributed by atoms with Crippen molar-refractivity contribution in [1.29, 1.82) is 0 Å². The fraction of sp³-hybridized carbons (Fsp3) is 0.522. The Kier molecular flexibility index (Phi) is 6.00. The molecule has 3 heterocycles. The Labute approximate surface area is 182 Å². The van der Waals surface area contributed by atoms with E-state index < -0.39 is 0 Å². The van der Waals surface area contributed by atoms with Crippen molar-refractivity contribution in [2.45, 2.75) is 52.9 Å². The van der Waals surface area contributed by atoms with Crippen molar-refractivity contribution in [3.63, 3.8) is 0 Å². The molecule has 2 aliphatic heterocycles. The molecule has 8 nitrogen and oxygen atoms in total. The van der Waals surface area contributed by atoms with Crippen LogP contribution >= 0.6 is 0 Å². The highest BCUT2D eigenvalue weighted by Gasteiger charge is 2.32. The molecule has 2 aliphatic rings. The monoisotopic (exact) mass is 426 g/mol. The van der Waals surface area contributed by atoms with Gasteiger partial charge in [-0.3, -0.25) is 14.7 Å². The summed E-state index contributed by atoms with van der Waals surface area (Å²) >= 11 is 0. The number of aryl methyl sites for hydroxylation is 2. The van der Waals surface area contributed by atoms with Gasteiger partial charge < -0.3 is 19.3 Å². The van der Waals surface area contributed by atoms with Crippen LogP contribution in [0.1, 0.15) is 46.7 Å². The summed E-state index contributed by atoms with van der Waals surface area (Å²) in [7, 11) is 0. The number of morpholine rings is 1. The fourth-order valence-electron chi connectivity index (χ4n) is 4.24. The van der Waals surface area contributed by atoms with E-state index in [1.807, 2.05) is 50.8 Å². The predicted molar refractivity (Wildman–Crippen MR) is 115 cm³/mol. The molecule has 1 aromatic heterocycles. The number of rotatable bonds is 4. The molecular weight excluding hydrogens is 396 g/mol. The average Bonchev–Trinajstić information content (AvgIpc) is 3.16. The van der Waals surface area contributed by atoms with E-state index in [-0.39, 0.29) is 30.6 Å². The third kappa shape index (κ3) is 4.58. The Bertz CT molecular complexity index is 976. The molecule has 2 amide bonds. The maximum atomic E-state index is 13.0. The summed E-state index contributed by atoms with van der Waals surface area (Å²) in [5.74, 6) is 0.539. The zero-order valence-corrected chi connectivity index (χ0v) is 18.6. The van der Waals surface area contributed by atoms with E-state index in [1.165, 1.54) is 5.56 Å². The first-order valence-electron chi connectivity index (χ1n) is 10.8. The molecule has 1 N–H and O–H groups in total. The molecule has 1 aromatic carbocycles. The van der Waals surface area contributed by atoms with Crippen molar-refractivity contribution in [2.75, 3.05) is 26.2 Å². The van der Waals surface area contributed by atoms with Gasteiger partial charge in [0.15, 0.2) is 12.3 Å². The summed E-state index contributed by atoms with van der Waals surface area (Å²) in [5, 5.41) is 7.28. The maximum absolute atomic E-state index is 13.0. The van der Waals surface area contributed by atoms with E-state index in [0.29, 0.717) is 44.0 Å². The summed E-state index contributed by atoms with van der Waals surface area (Å²) in [6, 6.07) is 5.81. The van der Waals surface area contributed by atoms with E-state index in [1.54, 1.807) is 4.90 Å². The van der Waals surface area contributed by atoms with Crippen LogP contribution in [0.3, 0.4) is 0 Å². The van der Waals surface area contributed by atoms with Crippen molar-refractivity contribution in [2.24, 2.45) is 0 Å². The lowest BCUT2D eigenvalue weighted by Gasteiger charge is -2.35. The van der Waals surface area contributed by atoms with Crippen LogP contribution in [-0.2, 0) is 22.5 Å². The number of amides is 2. The third-order valence-electron chi connectivity index (χ3n) is 6.04. The number of benzene rings is 1. The number of hydrogen-bond donors (Lipinski definition) is 1. The normalized spacial score (nSPS) is 21.0. The largest absolute Gasteiger partial charge is 0.484 e. The number of hydrogen-bond acceptors (Lipinski definition) is 5. The van der Waals surface area contributed by atoms with Crippen LogP contribution in [0.15, 0.2) is 18.2 Å². The van der Waals surface area contributed by atoms with Crippen molar-refractivity contribution in [1.82, 2.24) is 20.0 Å². The van der Waals surface area contributed by atoms with Gasteiger partial charge in [-0.05, 0) is 57.4 Å². The minimum Gasteiger partial charge on any atom is -0.484 e. The van der Waals surface area contributed by atoms with Crippen LogP contribution in [0.5, 0.6) is 5.75 Å². The Balaban J connectivity index is 1.38. The number of aromatic amines is 1. The van der Waals surface area contributed by atoms with Crippen molar-refractivity contribution in [3.8, 4) is 5.75 Å². The molecule has 1 fully saturated rings. The summed E-state index contributed by atoms with van der Waals surface area (Å²) in [6.45, 7) is 10.1. The van der Waals surface area contributed by atoms with Crippen LogP contribution in [0.4, 0.5) is 0 Å². The predicted octanol–water partition coefficient (Wildman–Crippen LogP) is 2.24. The van der Waals surface area contributed by atoms with Crippen LogP contribution in [0.2, 0.25) is 0 Å². The molecule has 0 unspecified atom stereocenters. The summed E-state index contributed by atoms with van der Waals surface area (Å²) in [6.07, 6.45) is 0.610. The van der Waals surface area contributed by atoms with Gasteiger partial charge in [0.2, 0.25) is 0 Å². The highest BCUT2D eigenvalue weighted by molar-refractivity contribution is 5.94. The standard InChI is InChI=1S/C23H30N4O4/c1-14-5-6-18(9-15(14)2)30-13-21(28)26-8-7-19-20(12-26)24-25-22(19)23(29)27-10-16(3)31-17(4)11-27/h5-6,9,16-17H,7-8,10-13H2,1-4H3,(H,24,25)/t16-,17+. The number of carbonyl (C=O) groups is 2. The molecule has 4 rings (SSSR count). The van der Waals surface area contributed by atoms with E-state index in [2.05, 4.69) is 10.2 Å². The summed E-state index contributed by atoms with van der Waals surface area (Å²) in [5.41, 5.74) is 4.52. The first-order valence-corrected chi connectivity index (χ1v) is 10.8. The molecule has 166 valence electrons. The van der Waals surface area contributed by atoms with E-state index in [0.717, 1.165) is 16.8 Å². The second-order valence-corrected chi connectivity index (χ2v) is 8.60. The molecule has 0 saturated carbocycles. The van der Waals surface area contributed by atoms with Crippen LogP contribution in [0.25, 0.3) is 0 Å². The molecule has 0 spiro atoms. The lowest BCUT2D eigenvalue weighted by Crippen LogP contribution is -2.48. The van der Waals surface area contributed by atoms with E-state index in [9.17, 15) is 9.59 Å². The molecule has 2 aromatic rings. The van der Waals surface area contributed by atoms with Gasteiger partial charge in [0, 0.05) is 25.2 Å². The lowest BCUT2D eigenvalue weighted by atomic mass is 10.0. The molecular formula is C23H30N4O4. The quantitative estimate of drug-likeness (QED) is 0.810. The van der Waals surface area contributed by atoms with Gasteiger partial charge in [-0.15, -0.1) is 0 Å². The van der Waals surface area contributed by atoms with Gasteiger partial charge in [-0.2, -0.15) is 5.10 Å². The number of H-pyrrole nitrogens is 1. The topological polar surface area (TPSA) is 87.8 Å². The molecule has 31 heavy (non-hydrogen) atoms. The Hall–Kier alpha value is -2.87. The summed E-state index contributed by atoms with van der Waals surface area (Å²) in [4.78, 5) is 29.3. The minimum absolute atomic E-state index is 0.00731. The maximum Gasteiger partial charge on any atom is 0.274 e.